The third kappa shape index (κ3) is 7.23. The molecule has 10 heteroatoms. The fourth-order valence-corrected chi connectivity index (χ4v) is 5.63. The molecular formula is C31H31N3O6S. The van der Waals surface area contributed by atoms with Gasteiger partial charge in [0.15, 0.2) is 0 Å². The molecule has 0 atom stereocenters. The highest BCUT2D eigenvalue weighted by Crippen LogP contribution is 2.35. The summed E-state index contributed by atoms with van der Waals surface area (Å²) in [5.74, 6) is -0.344. The van der Waals surface area contributed by atoms with E-state index in [1.807, 2.05) is 30.3 Å². The molecule has 0 spiro atoms. The van der Waals surface area contributed by atoms with E-state index in [0.717, 1.165) is 9.87 Å². The maximum absolute atomic E-state index is 13.7. The lowest BCUT2D eigenvalue weighted by Crippen LogP contribution is -2.38. The molecule has 0 aliphatic carbocycles. The molecule has 4 aromatic carbocycles. The fraction of sp³-hybridized carbons (Fsp3) is 0.161. The third-order valence-electron chi connectivity index (χ3n) is 6.26. The lowest BCUT2D eigenvalue weighted by molar-refractivity contribution is -0.114. The van der Waals surface area contributed by atoms with E-state index in [4.69, 9.17) is 9.47 Å². The van der Waals surface area contributed by atoms with Gasteiger partial charge >= 0.3 is 0 Å². The first-order valence-corrected chi connectivity index (χ1v) is 14.3. The van der Waals surface area contributed by atoms with E-state index in [1.165, 1.54) is 38.5 Å². The number of carbonyl (C=O) groups excluding carboxylic acids is 2. The van der Waals surface area contributed by atoms with E-state index in [9.17, 15) is 18.0 Å². The fourth-order valence-electron chi connectivity index (χ4n) is 4.18. The Balaban J connectivity index is 1.57. The normalized spacial score (nSPS) is 10.9. The van der Waals surface area contributed by atoms with Crippen LogP contribution in [-0.2, 0) is 21.2 Å². The summed E-state index contributed by atoms with van der Waals surface area (Å²) >= 11 is 0. The van der Waals surface area contributed by atoms with Crippen LogP contribution < -0.4 is 24.4 Å². The maximum atomic E-state index is 13.7. The number of sulfonamides is 1. The van der Waals surface area contributed by atoms with Gasteiger partial charge < -0.3 is 20.1 Å². The van der Waals surface area contributed by atoms with Crippen molar-refractivity contribution in [2.75, 3.05) is 36.9 Å². The quantitative estimate of drug-likeness (QED) is 0.258. The number of hydrogen-bond acceptors (Lipinski definition) is 6. The zero-order valence-corrected chi connectivity index (χ0v) is 23.6. The minimum atomic E-state index is -4.19. The number of hydrogen-bond donors (Lipinski definition) is 2. The monoisotopic (exact) mass is 573 g/mol. The van der Waals surface area contributed by atoms with Crippen molar-refractivity contribution in [2.24, 2.45) is 0 Å². The van der Waals surface area contributed by atoms with Crippen molar-refractivity contribution in [2.45, 2.75) is 11.3 Å². The van der Waals surface area contributed by atoms with Gasteiger partial charge in [0.1, 0.15) is 18.0 Å². The number of ether oxygens (including phenoxy) is 2. The Bertz CT molecular complexity index is 1590. The first-order chi connectivity index (χ1) is 19.8. The van der Waals surface area contributed by atoms with Crippen LogP contribution in [0.4, 0.5) is 11.4 Å². The number of rotatable bonds is 12. The van der Waals surface area contributed by atoms with Gasteiger partial charge in [0.2, 0.25) is 5.91 Å². The highest BCUT2D eigenvalue weighted by molar-refractivity contribution is 7.92. The minimum Gasteiger partial charge on any atom is -0.497 e. The van der Waals surface area contributed by atoms with E-state index in [2.05, 4.69) is 10.6 Å². The van der Waals surface area contributed by atoms with Gasteiger partial charge in [-0.05, 0) is 48.4 Å². The molecule has 0 saturated carbocycles. The van der Waals surface area contributed by atoms with Gasteiger partial charge in [-0.25, -0.2) is 8.42 Å². The van der Waals surface area contributed by atoms with Crippen molar-refractivity contribution in [1.29, 1.82) is 0 Å². The van der Waals surface area contributed by atoms with Crippen LogP contribution >= 0.6 is 0 Å². The summed E-state index contributed by atoms with van der Waals surface area (Å²) in [4.78, 5) is 26.3. The summed E-state index contributed by atoms with van der Waals surface area (Å²) in [6.07, 6.45) is 0.650. The summed E-state index contributed by atoms with van der Waals surface area (Å²) in [5, 5.41) is 5.59. The number of benzene rings is 4. The molecule has 0 radical (unpaired) electrons. The smallest absolute Gasteiger partial charge is 0.264 e. The van der Waals surface area contributed by atoms with Crippen LogP contribution in [0, 0.1) is 0 Å². The predicted molar refractivity (Wildman–Crippen MR) is 158 cm³/mol. The van der Waals surface area contributed by atoms with Gasteiger partial charge in [0.05, 0.1) is 36.1 Å². The average Bonchev–Trinajstić information content (AvgIpc) is 3.00. The molecular weight excluding hydrogens is 542 g/mol. The van der Waals surface area contributed by atoms with Crippen molar-refractivity contribution in [1.82, 2.24) is 5.32 Å². The van der Waals surface area contributed by atoms with Crippen molar-refractivity contribution in [3.8, 4) is 11.5 Å². The molecule has 0 unspecified atom stereocenters. The summed E-state index contributed by atoms with van der Waals surface area (Å²) in [6.45, 7) is -0.171. The van der Waals surface area contributed by atoms with Gasteiger partial charge in [-0.3, -0.25) is 13.9 Å². The topological polar surface area (TPSA) is 114 Å². The molecule has 41 heavy (non-hydrogen) atoms. The van der Waals surface area contributed by atoms with Crippen molar-refractivity contribution < 1.29 is 27.5 Å². The molecule has 212 valence electrons. The molecule has 2 N–H and O–H groups in total. The lowest BCUT2D eigenvalue weighted by Gasteiger charge is -2.26. The number of amides is 2. The first kappa shape index (κ1) is 29.2. The number of nitrogens with zero attached hydrogens (tertiary/aromatic N) is 1. The number of anilines is 2. The SMILES string of the molecule is COc1ccc(N(CC(=O)Nc2ccccc2C(=O)NCCc2ccccc2)S(=O)(=O)c2ccccc2)c(OC)c1. The molecule has 0 aliphatic heterocycles. The Morgan fingerprint density at radius 2 is 1.46 bits per heavy atom. The first-order valence-electron chi connectivity index (χ1n) is 12.8. The molecule has 4 rings (SSSR count). The molecule has 0 saturated heterocycles. The maximum Gasteiger partial charge on any atom is 0.264 e. The zero-order valence-electron chi connectivity index (χ0n) is 22.7. The number of nitrogens with one attached hydrogen (secondary N) is 2. The standard InChI is InChI=1S/C31H31N3O6S/c1-39-24-17-18-28(29(21-24)40-2)34(41(37,38)25-13-7-4-8-14-25)22-30(35)33-27-16-10-9-15-26(27)31(36)32-20-19-23-11-5-3-6-12-23/h3-18,21H,19-20,22H2,1-2H3,(H,32,36)(H,33,35). The molecule has 0 fully saturated rings. The van der Waals surface area contributed by atoms with Crippen LogP contribution in [0.25, 0.3) is 0 Å². The Hall–Kier alpha value is -4.83. The van der Waals surface area contributed by atoms with Gasteiger partial charge in [0.25, 0.3) is 15.9 Å². The molecule has 0 heterocycles. The van der Waals surface area contributed by atoms with Gasteiger partial charge in [-0.1, -0.05) is 60.7 Å². The second-order valence-corrected chi connectivity index (χ2v) is 10.8. The summed E-state index contributed by atoms with van der Waals surface area (Å²) < 4.78 is 39.2. The second-order valence-electron chi connectivity index (χ2n) is 8.95. The Morgan fingerprint density at radius 1 is 0.805 bits per heavy atom. The molecule has 0 bridgehead atoms. The van der Waals surface area contributed by atoms with E-state index >= 15 is 0 Å². The second kappa shape index (κ2) is 13.5. The Labute approximate surface area is 239 Å². The summed E-state index contributed by atoms with van der Waals surface area (Å²) in [7, 11) is -1.30. The number of methoxy groups -OCH3 is 2. The lowest BCUT2D eigenvalue weighted by atomic mass is 10.1. The predicted octanol–water partition coefficient (Wildman–Crippen LogP) is 4.51. The summed E-state index contributed by atoms with van der Waals surface area (Å²) in [5.41, 5.74) is 1.75. The molecule has 0 aromatic heterocycles. The van der Waals surface area contributed by atoms with Crippen LogP contribution in [0.15, 0.2) is 108 Å². The van der Waals surface area contributed by atoms with Crippen LogP contribution in [0.3, 0.4) is 0 Å². The Morgan fingerprint density at radius 3 is 2.15 bits per heavy atom. The van der Waals surface area contributed by atoms with Gasteiger partial charge in [-0.2, -0.15) is 0 Å². The largest absolute Gasteiger partial charge is 0.497 e. The van der Waals surface area contributed by atoms with Crippen LogP contribution in [0.2, 0.25) is 0 Å². The van der Waals surface area contributed by atoms with E-state index in [1.54, 1.807) is 48.5 Å². The zero-order chi connectivity index (χ0) is 29.2. The van der Waals surface area contributed by atoms with E-state index in [-0.39, 0.29) is 33.5 Å². The van der Waals surface area contributed by atoms with Crippen LogP contribution in [0.5, 0.6) is 11.5 Å². The summed E-state index contributed by atoms with van der Waals surface area (Å²) in [6, 6.07) is 28.8. The van der Waals surface area contributed by atoms with Crippen molar-refractivity contribution in [3.63, 3.8) is 0 Å². The van der Waals surface area contributed by atoms with Crippen LogP contribution in [-0.4, -0.2) is 47.5 Å². The molecule has 4 aromatic rings. The average molecular weight is 574 g/mol. The highest BCUT2D eigenvalue weighted by Gasteiger charge is 2.30. The van der Waals surface area contributed by atoms with Crippen molar-refractivity contribution in [3.05, 3.63) is 114 Å². The third-order valence-corrected chi connectivity index (χ3v) is 8.04. The highest BCUT2D eigenvalue weighted by atomic mass is 32.2. The van der Waals surface area contributed by atoms with Gasteiger partial charge in [0, 0.05) is 12.6 Å². The van der Waals surface area contributed by atoms with Crippen LogP contribution in [0.1, 0.15) is 15.9 Å². The Kier molecular flexibility index (Phi) is 9.60. The minimum absolute atomic E-state index is 0.00358. The van der Waals surface area contributed by atoms with Crippen molar-refractivity contribution >= 4 is 33.2 Å². The number of carbonyl (C=O) groups is 2. The number of para-hydroxylation sites is 1. The van der Waals surface area contributed by atoms with E-state index < -0.39 is 22.5 Å². The molecule has 9 nitrogen and oxygen atoms in total. The van der Waals surface area contributed by atoms with Gasteiger partial charge in [-0.15, -0.1) is 0 Å². The molecule has 2 amide bonds. The molecule has 0 aliphatic rings. The van der Waals surface area contributed by atoms with E-state index in [0.29, 0.717) is 18.7 Å².